The number of oxime groups is 1. The first kappa shape index (κ1) is 27.1. The van der Waals surface area contributed by atoms with E-state index in [1.165, 1.54) is 6.08 Å². The van der Waals surface area contributed by atoms with Crippen LogP contribution in [0.1, 0.15) is 6.42 Å². The summed E-state index contributed by atoms with van der Waals surface area (Å²) in [6.07, 6.45) is -4.44. The fraction of sp³-hybridized carbons (Fsp3) is 0.700. The Morgan fingerprint density at radius 2 is 1.92 bits per heavy atom. The van der Waals surface area contributed by atoms with Gasteiger partial charge in [0.1, 0.15) is 34.9 Å². The van der Waals surface area contributed by atoms with Crippen LogP contribution in [0, 0.1) is 0 Å². The Balaban J connectivity index is 0. The summed E-state index contributed by atoms with van der Waals surface area (Å²) in [5.41, 5.74) is -1.17. The molecule has 24 heavy (non-hydrogen) atoms. The molecule has 0 aliphatic carbocycles. The van der Waals surface area contributed by atoms with Crippen molar-refractivity contribution in [2.45, 2.75) is 36.3 Å². The Morgan fingerprint density at radius 1 is 1.33 bits per heavy atom. The quantitative estimate of drug-likeness (QED) is 0.0615. The summed E-state index contributed by atoms with van der Waals surface area (Å²) in [5, 5.41) is 41.2. The molecule has 136 valence electrons. The number of hydrogen-bond acceptors (Lipinski definition) is 11. The topological polar surface area (TPSA) is 200 Å². The van der Waals surface area contributed by atoms with Crippen molar-refractivity contribution in [3.05, 3.63) is 12.7 Å². The number of ether oxygens (including phenoxy) is 1. The third-order valence-corrected chi connectivity index (χ3v) is 4.04. The molecule has 5 atom stereocenters. The zero-order valence-electron chi connectivity index (χ0n) is 12.7. The first-order chi connectivity index (χ1) is 10.2. The van der Waals surface area contributed by atoms with Gasteiger partial charge in [-0.3, -0.25) is 4.28 Å². The summed E-state index contributed by atoms with van der Waals surface area (Å²) in [4.78, 5) is 0. The van der Waals surface area contributed by atoms with Crippen molar-refractivity contribution >= 4 is 27.2 Å². The van der Waals surface area contributed by atoms with E-state index in [2.05, 4.69) is 16.0 Å². The minimum absolute atomic E-state index is 0. The SMILES string of the molecule is C=CCC(=NOS(=O)(=O)[O-])S[C@@H]1O[C@H](CO)[C@@H](O)[C@H](O)[C@H]1O.O.[K+]. The predicted molar refractivity (Wildman–Crippen MR) is 78.0 cm³/mol. The van der Waals surface area contributed by atoms with Crippen molar-refractivity contribution < 1.29 is 99.3 Å². The Bertz CT molecular complexity index is 514. The van der Waals surface area contributed by atoms with E-state index in [4.69, 9.17) is 9.84 Å². The summed E-state index contributed by atoms with van der Waals surface area (Å²) < 4.78 is 40.1. The molecule has 0 spiro atoms. The van der Waals surface area contributed by atoms with E-state index < -0.39 is 46.9 Å². The molecule has 0 unspecified atom stereocenters. The van der Waals surface area contributed by atoms with Crippen LogP contribution in [0.15, 0.2) is 17.8 Å². The van der Waals surface area contributed by atoms with Crippen LogP contribution in [0.4, 0.5) is 0 Å². The number of thioether (sulfide) groups is 1. The minimum Gasteiger partial charge on any atom is -0.714 e. The van der Waals surface area contributed by atoms with Gasteiger partial charge < -0.3 is 35.2 Å². The van der Waals surface area contributed by atoms with Crippen LogP contribution in [-0.4, -0.2) is 80.4 Å². The van der Waals surface area contributed by atoms with Crippen molar-refractivity contribution in [3.8, 4) is 0 Å². The zero-order valence-corrected chi connectivity index (χ0v) is 17.4. The fourth-order valence-electron chi connectivity index (χ4n) is 1.62. The second kappa shape index (κ2) is 12.3. The monoisotopic (exact) mass is 415 g/mol. The van der Waals surface area contributed by atoms with Gasteiger partial charge in [0.15, 0.2) is 0 Å². The van der Waals surface area contributed by atoms with Crippen LogP contribution in [0.3, 0.4) is 0 Å². The van der Waals surface area contributed by atoms with Crippen molar-refractivity contribution in [3.63, 3.8) is 0 Å². The van der Waals surface area contributed by atoms with Gasteiger partial charge in [-0.25, -0.2) is 0 Å². The van der Waals surface area contributed by atoms with Gasteiger partial charge in [0.05, 0.1) is 6.61 Å². The summed E-state index contributed by atoms with van der Waals surface area (Å²) in [6, 6.07) is 0. The fourth-order valence-corrected chi connectivity index (χ4v) is 2.91. The Morgan fingerprint density at radius 3 is 2.38 bits per heavy atom. The van der Waals surface area contributed by atoms with Gasteiger partial charge in [-0.05, 0) is 0 Å². The third kappa shape index (κ3) is 8.50. The number of aliphatic hydroxyl groups excluding tert-OH is 4. The first-order valence-electron chi connectivity index (χ1n) is 5.99. The molecule has 0 amide bonds. The second-order valence-electron chi connectivity index (χ2n) is 4.28. The molecular weight excluding hydrogens is 397 g/mol. The maximum atomic E-state index is 10.4. The average molecular weight is 415 g/mol. The van der Waals surface area contributed by atoms with E-state index in [1.54, 1.807) is 0 Å². The molecule has 1 saturated heterocycles. The van der Waals surface area contributed by atoms with E-state index in [1.807, 2.05) is 0 Å². The normalized spacial score (nSPS) is 30.7. The number of allylic oxidation sites excluding steroid dienone is 1. The summed E-state index contributed by atoms with van der Waals surface area (Å²) >= 11 is 0.660. The molecule has 0 saturated carbocycles. The standard InChI is InChI=1S/C10H17NO9S2.K.H2O/c1-2-3-6(11-20-22(16,17)18)21-10-9(15)8(14)7(13)5(4-12)19-10;;/h2,5,7-10,12-15H,1,3-4H2,(H,16,17,18);;1H2/q;+1;/p-1/t5-,7-,8+,9-,10+;;/m1../s1. The molecule has 0 aromatic carbocycles. The maximum absolute atomic E-state index is 10.4. The second-order valence-corrected chi connectivity index (χ2v) is 6.41. The van der Waals surface area contributed by atoms with Crippen LogP contribution in [0.25, 0.3) is 0 Å². The summed E-state index contributed by atoms with van der Waals surface area (Å²) in [7, 11) is -5.04. The minimum atomic E-state index is -5.04. The van der Waals surface area contributed by atoms with Crippen LogP contribution in [0.2, 0.25) is 0 Å². The summed E-state index contributed by atoms with van der Waals surface area (Å²) in [6.45, 7) is 2.80. The van der Waals surface area contributed by atoms with E-state index in [0.717, 1.165) is 0 Å². The molecule has 0 bridgehead atoms. The van der Waals surface area contributed by atoms with Crippen LogP contribution in [-0.2, 0) is 19.4 Å². The molecule has 0 aromatic heterocycles. The smallest absolute Gasteiger partial charge is 0.714 e. The molecule has 0 radical (unpaired) electrons. The molecule has 6 N–H and O–H groups in total. The van der Waals surface area contributed by atoms with Crippen molar-refractivity contribution in [1.29, 1.82) is 0 Å². The Labute approximate surface area is 185 Å². The van der Waals surface area contributed by atoms with Gasteiger partial charge in [-0.15, -0.1) is 6.58 Å². The van der Waals surface area contributed by atoms with Gasteiger partial charge in [-0.2, -0.15) is 8.42 Å². The maximum Gasteiger partial charge on any atom is 1.00 e. The number of hydrogen-bond donors (Lipinski definition) is 4. The van der Waals surface area contributed by atoms with Crippen molar-refractivity contribution in [1.82, 2.24) is 0 Å². The van der Waals surface area contributed by atoms with Crippen LogP contribution in [0.5, 0.6) is 0 Å². The Kier molecular flexibility index (Phi) is 13.9. The van der Waals surface area contributed by atoms with Gasteiger partial charge in [0, 0.05) is 6.42 Å². The van der Waals surface area contributed by atoms with Gasteiger partial charge in [-0.1, -0.05) is 23.0 Å². The van der Waals surface area contributed by atoms with Gasteiger partial charge in [0.2, 0.25) is 0 Å². The number of nitrogens with zero attached hydrogens (tertiary/aromatic N) is 1. The molecule has 0 aromatic rings. The van der Waals surface area contributed by atoms with Crippen molar-refractivity contribution in [2.24, 2.45) is 5.16 Å². The van der Waals surface area contributed by atoms with E-state index in [0.29, 0.717) is 11.8 Å². The van der Waals surface area contributed by atoms with Gasteiger partial charge in [0.25, 0.3) is 10.4 Å². The molecule has 1 rings (SSSR count). The largest absolute Gasteiger partial charge is 1.00 e. The average Bonchev–Trinajstić information content (AvgIpc) is 2.44. The molecular formula is C10H18KNO10S2. The Hall–Kier alpha value is 0.866. The van der Waals surface area contributed by atoms with Crippen molar-refractivity contribution in [2.75, 3.05) is 6.61 Å². The first-order valence-corrected chi connectivity index (χ1v) is 8.20. The molecule has 1 aliphatic heterocycles. The molecule has 14 heteroatoms. The molecule has 11 nitrogen and oxygen atoms in total. The molecule has 1 heterocycles. The zero-order chi connectivity index (χ0) is 16.9. The van der Waals surface area contributed by atoms with Gasteiger partial charge >= 0.3 is 51.4 Å². The predicted octanol–water partition coefficient (Wildman–Crippen LogP) is -5.93. The van der Waals surface area contributed by atoms with Crippen LogP contribution < -0.4 is 51.4 Å². The van der Waals surface area contributed by atoms with E-state index in [9.17, 15) is 28.3 Å². The summed E-state index contributed by atoms with van der Waals surface area (Å²) in [5.74, 6) is 0. The molecule has 1 aliphatic rings. The van der Waals surface area contributed by atoms with E-state index >= 15 is 0 Å². The van der Waals surface area contributed by atoms with Crippen LogP contribution >= 0.6 is 11.8 Å². The molecule has 1 fully saturated rings. The number of rotatable bonds is 6. The third-order valence-electron chi connectivity index (χ3n) is 2.65. The van der Waals surface area contributed by atoms with E-state index in [-0.39, 0.29) is 68.3 Å². The number of aliphatic hydroxyl groups is 4.